The zero-order chi connectivity index (χ0) is 10.9. The number of hydrogen-bond acceptors (Lipinski definition) is 6. The molecule has 1 aliphatic heterocycles. The van der Waals surface area contributed by atoms with Crippen molar-refractivity contribution in [2.24, 2.45) is 0 Å². The first kappa shape index (κ1) is 11.7. The molecule has 1 heterocycles. The Hall–Kier alpha value is -0.390. The fraction of sp³-hybridized carbons (Fsp3) is 0.500. The van der Waals surface area contributed by atoms with Crippen LogP contribution in [0.1, 0.15) is 0 Å². The summed E-state index contributed by atoms with van der Waals surface area (Å²) in [6, 6.07) is 0. The lowest BCUT2D eigenvalue weighted by Crippen LogP contribution is -2.11. The molecule has 0 fully saturated rings. The molecule has 1 atom stereocenters. The number of aliphatic hydroxyl groups is 1. The highest BCUT2D eigenvalue weighted by molar-refractivity contribution is 7.58. The Balaban J connectivity index is 3.19. The Bertz CT molecular complexity index is 329. The van der Waals surface area contributed by atoms with Crippen LogP contribution in [-0.4, -0.2) is 31.6 Å². The second-order valence-electron chi connectivity index (χ2n) is 2.32. The van der Waals surface area contributed by atoms with Crippen LogP contribution in [0, 0.1) is 0 Å². The number of aliphatic hydroxyl groups excluding tert-OH is 1. The summed E-state index contributed by atoms with van der Waals surface area (Å²) < 4.78 is 25.2. The average molecular weight is 243 g/mol. The maximum Gasteiger partial charge on any atom is 0.364 e. The van der Waals surface area contributed by atoms with Crippen LogP contribution in [0.5, 0.6) is 0 Å². The van der Waals surface area contributed by atoms with E-state index in [1.165, 1.54) is 0 Å². The first-order chi connectivity index (χ1) is 6.46. The van der Waals surface area contributed by atoms with E-state index in [1.54, 1.807) is 0 Å². The summed E-state index contributed by atoms with van der Waals surface area (Å²) in [5.41, 5.74) is 0. The average Bonchev–Trinajstić information content (AvgIpc) is 2.41. The molecule has 1 rings (SSSR count). The van der Waals surface area contributed by atoms with Crippen LogP contribution in [0.15, 0.2) is 10.3 Å². The highest BCUT2D eigenvalue weighted by atomic mass is 35.5. The smallest absolute Gasteiger partial charge is 0.364 e. The third kappa shape index (κ3) is 1.71. The number of cyclic esters (lactones) is 1. The minimum atomic E-state index is -3.73. The first-order valence-electron chi connectivity index (χ1n) is 3.47. The van der Waals surface area contributed by atoms with Gasteiger partial charge in [0.15, 0.2) is 0 Å². The van der Waals surface area contributed by atoms with E-state index in [4.69, 9.17) is 11.6 Å². The molecule has 0 aromatic carbocycles. The molecule has 0 spiro atoms. The second-order valence-corrected chi connectivity index (χ2v) is 4.90. The fourth-order valence-electron chi connectivity index (χ4n) is 0.949. The van der Waals surface area contributed by atoms with Crippen LogP contribution >= 0.6 is 19.2 Å². The minimum Gasteiger partial charge on any atom is -0.427 e. The number of carbonyl (C=O) groups excluding carboxylic acids is 1. The SMILES string of the molecule is COP(=O)(OC)C1=C(Cl)C(=O)OC1O. The van der Waals surface area contributed by atoms with Gasteiger partial charge in [-0.1, -0.05) is 11.6 Å². The standard InChI is InChI=1S/C6H8ClO6P/c1-11-14(10,12-2)4-3(7)5(8)13-6(4)9/h6,9H,1-2H3. The van der Waals surface area contributed by atoms with E-state index in [1.807, 2.05) is 0 Å². The Morgan fingerprint density at radius 1 is 1.50 bits per heavy atom. The molecule has 6 nitrogen and oxygen atoms in total. The topological polar surface area (TPSA) is 82.1 Å². The number of carbonyl (C=O) groups is 1. The van der Waals surface area contributed by atoms with Gasteiger partial charge in [-0.2, -0.15) is 0 Å². The van der Waals surface area contributed by atoms with Crippen molar-refractivity contribution in [3.63, 3.8) is 0 Å². The van der Waals surface area contributed by atoms with Crippen molar-refractivity contribution in [3.8, 4) is 0 Å². The van der Waals surface area contributed by atoms with Gasteiger partial charge in [0.1, 0.15) is 10.3 Å². The lowest BCUT2D eigenvalue weighted by atomic mass is 10.5. The van der Waals surface area contributed by atoms with Crippen molar-refractivity contribution in [1.29, 1.82) is 0 Å². The predicted octanol–water partition coefficient (Wildman–Crippen LogP) is 0.798. The van der Waals surface area contributed by atoms with E-state index < -0.39 is 24.9 Å². The van der Waals surface area contributed by atoms with Crippen LogP contribution in [0.25, 0.3) is 0 Å². The van der Waals surface area contributed by atoms with Crippen LogP contribution in [0.3, 0.4) is 0 Å². The molecule has 1 aliphatic rings. The highest BCUT2D eigenvalue weighted by Crippen LogP contribution is 2.59. The Morgan fingerprint density at radius 2 is 2.00 bits per heavy atom. The zero-order valence-corrected chi connectivity index (χ0v) is 9.04. The summed E-state index contributed by atoms with van der Waals surface area (Å²) in [6.07, 6.45) is -1.68. The predicted molar refractivity (Wildman–Crippen MR) is 46.6 cm³/mol. The fourth-order valence-corrected chi connectivity index (χ4v) is 2.59. The summed E-state index contributed by atoms with van der Waals surface area (Å²) >= 11 is 5.48. The normalized spacial score (nSPS) is 22.9. The summed E-state index contributed by atoms with van der Waals surface area (Å²) in [4.78, 5) is 10.9. The third-order valence-corrected chi connectivity index (χ3v) is 4.12. The molecule has 0 aromatic heterocycles. The Labute approximate surface area is 84.9 Å². The number of halogens is 1. The molecule has 0 radical (unpaired) electrons. The molecule has 0 bridgehead atoms. The van der Waals surface area contributed by atoms with Gasteiger partial charge in [-0.25, -0.2) is 4.79 Å². The van der Waals surface area contributed by atoms with Gasteiger partial charge in [0.25, 0.3) is 0 Å². The molecule has 80 valence electrons. The minimum absolute atomic E-state index is 0.367. The number of esters is 1. The van der Waals surface area contributed by atoms with Gasteiger partial charge in [0.05, 0.1) is 0 Å². The lowest BCUT2D eigenvalue weighted by Gasteiger charge is -2.15. The van der Waals surface area contributed by atoms with Crippen LogP contribution in [0.4, 0.5) is 0 Å². The first-order valence-corrected chi connectivity index (χ1v) is 5.39. The van der Waals surface area contributed by atoms with Crippen molar-refractivity contribution in [2.45, 2.75) is 6.29 Å². The van der Waals surface area contributed by atoms with Gasteiger partial charge < -0.3 is 18.9 Å². The molecular weight excluding hydrogens is 234 g/mol. The van der Waals surface area contributed by atoms with E-state index in [2.05, 4.69) is 13.8 Å². The molecule has 0 saturated carbocycles. The number of ether oxygens (including phenoxy) is 1. The Morgan fingerprint density at radius 3 is 2.29 bits per heavy atom. The zero-order valence-electron chi connectivity index (χ0n) is 7.39. The van der Waals surface area contributed by atoms with E-state index in [-0.39, 0.29) is 5.31 Å². The van der Waals surface area contributed by atoms with Gasteiger partial charge >= 0.3 is 13.6 Å². The molecule has 1 unspecified atom stereocenters. The third-order valence-electron chi connectivity index (χ3n) is 1.63. The van der Waals surface area contributed by atoms with Gasteiger partial charge in [0, 0.05) is 14.2 Å². The van der Waals surface area contributed by atoms with Crippen molar-refractivity contribution < 1.29 is 28.3 Å². The number of hydrogen-bond donors (Lipinski definition) is 1. The van der Waals surface area contributed by atoms with E-state index in [0.717, 1.165) is 14.2 Å². The lowest BCUT2D eigenvalue weighted by molar-refractivity contribution is -0.151. The summed E-state index contributed by atoms with van der Waals surface area (Å²) in [7, 11) is -1.51. The molecule has 8 heteroatoms. The molecule has 0 amide bonds. The van der Waals surface area contributed by atoms with E-state index >= 15 is 0 Å². The summed E-state index contributed by atoms with van der Waals surface area (Å²) in [6.45, 7) is 0. The monoisotopic (exact) mass is 242 g/mol. The summed E-state index contributed by atoms with van der Waals surface area (Å²) in [5.74, 6) is -0.955. The van der Waals surface area contributed by atoms with Crippen LogP contribution in [-0.2, 0) is 23.1 Å². The molecule has 1 N–H and O–H groups in total. The van der Waals surface area contributed by atoms with E-state index in [0.29, 0.717) is 0 Å². The molecule has 14 heavy (non-hydrogen) atoms. The maximum absolute atomic E-state index is 11.7. The van der Waals surface area contributed by atoms with Crippen LogP contribution < -0.4 is 0 Å². The van der Waals surface area contributed by atoms with E-state index in [9.17, 15) is 14.5 Å². The van der Waals surface area contributed by atoms with Gasteiger partial charge in [0.2, 0.25) is 6.29 Å². The largest absolute Gasteiger partial charge is 0.427 e. The maximum atomic E-state index is 11.7. The molecule has 0 saturated heterocycles. The van der Waals surface area contributed by atoms with Gasteiger partial charge in [-0.05, 0) is 0 Å². The van der Waals surface area contributed by atoms with Crippen molar-refractivity contribution >= 4 is 25.2 Å². The summed E-state index contributed by atoms with van der Waals surface area (Å²) in [5, 5.41) is 8.38. The second kappa shape index (κ2) is 4.00. The molecular formula is C6H8ClO6P. The van der Waals surface area contributed by atoms with Crippen molar-refractivity contribution in [2.75, 3.05) is 14.2 Å². The molecule has 0 aromatic rings. The van der Waals surface area contributed by atoms with Gasteiger partial charge in [-0.15, -0.1) is 0 Å². The number of rotatable bonds is 3. The Kier molecular flexibility index (Phi) is 3.34. The molecule has 0 aliphatic carbocycles. The highest BCUT2D eigenvalue weighted by Gasteiger charge is 2.44. The van der Waals surface area contributed by atoms with Crippen molar-refractivity contribution in [1.82, 2.24) is 0 Å². The quantitative estimate of drug-likeness (QED) is 0.582. The van der Waals surface area contributed by atoms with Crippen molar-refractivity contribution in [3.05, 3.63) is 10.3 Å². The van der Waals surface area contributed by atoms with Crippen LogP contribution in [0.2, 0.25) is 0 Å². The van der Waals surface area contributed by atoms with Gasteiger partial charge in [-0.3, -0.25) is 4.57 Å².